The quantitative estimate of drug-likeness (QED) is 0.444. The van der Waals surface area contributed by atoms with Gasteiger partial charge in [-0.15, -0.1) is 0 Å². The van der Waals surface area contributed by atoms with Crippen molar-refractivity contribution in [1.82, 2.24) is 4.57 Å². The Kier molecular flexibility index (Phi) is 9.74. The Hall–Kier alpha value is -3.49. The maximum absolute atomic E-state index is 13.1. The van der Waals surface area contributed by atoms with Gasteiger partial charge in [0.2, 0.25) is 0 Å². The molecular formula is C29H34ClN3O2. The molecule has 1 heterocycles. The summed E-state index contributed by atoms with van der Waals surface area (Å²) >= 11 is 6.05. The van der Waals surface area contributed by atoms with E-state index in [1.165, 1.54) is 0 Å². The second-order valence-corrected chi connectivity index (χ2v) is 8.84. The number of hydrogen-bond donors (Lipinski definition) is 1. The largest absolute Gasteiger partial charge is 0.455 e. The number of hydrogen-bond acceptors (Lipinski definition) is 4. The normalized spacial score (nSPS) is 12.1. The summed E-state index contributed by atoms with van der Waals surface area (Å²) < 4.78 is 7.80. The van der Waals surface area contributed by atoms with E-state index in [2.05, 4.69) is 26.8 Å². The number of nitrogen functional groups attached to an aromatic ring is 1. The van der Waals surface area contributed by atoms with Gasteiger partial charge >= 0.3 is 0 Å². The molecule has 5 nitrogen and oxygen atoms in total. The first kappa shape index (κ1) is 27.8. The second kappa shape index (κ2) is 12.3. The summed E-state index contributed by atoms with van der Waals surface area (Å²) in [6.07, 6.45) is 4.61. The van der Waals surface area contributed by atoms with Gasteiger partial charge in [-0.1, -0.05) is 57.9 Å². The molecule has 0 fully saturated rings. The number of nitriles is 1. The summed E-state index contributed by atoms with van der Waals surface area (Å²) in [5, 5.41) is 11.5. The topological polar surface area (TPSA) is 81.0 Å². The first-order valence-electron chi connectivity index (χ1n) is 11.8. The van der Waals surface area contributed by atoms with Gasteiger partial charge in [-0.2, -0.15) is 5.26 Å². The van der Waals surface area contributed by atoms with Crippen molar-refractivity contribution >= 4 is 28.9 Å². The third-order valence-electron chi connectivity index (χ3n) is 5.45. The van der Waals surface area contributed by atoms with E-state index < -0.39 is 0 Å². The monoisotopic (exact) mass is 491 g/mol. The van der Waals surface area contributed by atoms with E-state index in [0.717, 1.165) is 28.3 Å². The number of pyridine rings is 1. The van der Waals surface area contributed by atoms with Crippen molar-refractivity contribution in [1.29, 1.82) is 5.26 Å². The van der Waals surface area contributed by atoms with Crippen LogP contribution >= 0.6 is 11.6 Å². The van der Waals surface area contributed by atoms with Gasteiger partial charge in [-0.3, -0.25) is 4.79 Å². The van der Waals surface area contributed by atoms with E-state index in [4.69, 9.17) is 22.1 Å². The van der Waals surface area contributed by atoms with Crippen LogP contribution in [0.1, 0.15) is 53.5 Å². The minimum atomic E-state index is -0.0499. The molecule has 0 amide bonds. The molecule has 0 radical (unpaired) electrons. The number of benzene rings is 2. The van der Waals surface area contributed by atoms with Crippen LogP contribution in [-0.2, 0) is 7.05 Å². The lowest BCUT2D eigenvalue weighted by Gasteiger charge is -2.16. The fraction of sp³-hybridized carbons (Fsp3) is 0.310. The number of halogens is 1. The molecule has 0 aliphatic rings. The van der Waals surface area contributed by atoms with E-state index >= 15 is 0 Å². The van der Waals surface area contributed by atoms with Gasteiger partial charge < -0.3 is 15.0 Å². The molecular weight excluding hydrogens is 458 g/mol. The van der Waals surface area contributed by atoms with Gasteiger partial charge in [0.1, 0.15) is 17.6 Å². The van der Waals surface area contributed by atoms with E-state index in [1.807, 2.05) is 39.1 Å². The van der Waals surface area contributed by atoms with Crippen LogP contribution in [0.5, 0.6) is 11.5 Å². The Morgan fingerprint density at radius 1 is 1.17 bits per heavy atom. The van der Waals surface area contributed by atoms with Crippen molar-refractivity contribution in [3.8, 4) is 28.7 Å². The fourth-order valence-electron chi connectivity index (χ4n) is 3.73. The predicted octanol–water partition coefficient (Wildman–Crippen LogP) is 6.00. The number of nitrogens with zero attached hydrogens (tertiary/aromatic N) is 2. The highest BCUT2D eigenvalue weighted by Gasteiger charge is 2.16. The molecule has 6 heteroatoms. The van der Waals surface area contributed by atoms with Crippen LogP contribution in [0.4, 0.5) is 5.69 Å². The molecule has 0 bridgehead atoms. The Labute approximate surface area is 212 Å². The number of nitrogens with two attached hydrogens (primary N) is 1. The first-order chi connectivity index (χ1) is 16.7. The first-order valence-corrected chi connectivity index (χ1v) is 12.2. The van der Waals surface area contributed by atoms with E-state index in [1.54, 1.807) is 41.9 Å². The van der Waals surface area contributed by atoms with Crippen molar-refractivity contribution in [3.05, 3.63) is 74.0 Å². The van der Waals surface area contributed by atoms with Crippen LogP contribution in [0, 0.1) is 17.2 Å². The highest BCUT2D eigenvalue weighted by atomic mass is 35.5. The third kappa shape index (κ3) is 6.35. The fourth-order valence-corrected chi connectivity index (χ4v) is 3.90. The van der Waals surface area contributed by atoms with Gasteiger partial charge in [-0.25, -0.2) is 0 Å². The van der Waals surface area contributed by atoms with Crippen molar-refractivity contribution < 1.29 is 4.74 Å². The summed E-state index contributed by atoms with van der Waals surface area (Å²) in [5.41, 5.74) is 9.69. The molecule has 184 valence electrons. The molecule has 0 saturated heterocycles. The molecule has 2 aromatic carbocycles. The molecule has 0 aliphatic carbocycles. The zero-order valence-electron chi connectivity index (χ0n) is 21.6. The zero-order valence-corrected chi connectivity index (χ0v) is 22.3. The lowest BCUT2D eigenvalue weighted by molar-refractivity contribution is 0.483. The Morgan fingerprint density at radius 3 is 2.43 bits per heavy atom. The lowest BCUT2D eigenvalue weighted by Crippen LogP contribution is -2.46. The van der Waals surface area contributed by atoms with Gasteiger partial charge in [0.25, 0.3) is 5.56 Å². The number of ether oxygens (including phenoxy) is 1. The van der Waals surface area contributed by atoms with Crippen LogP contribution < -0.4 is 26.5 Å². The van der Waals surface area contributed by atoms with E-state index in [9.17, 15) is 10.1 Å². The van der Waals surface area contributed by atoms with E-state index in [-0.39, 0.29) is 11.5 Å². The molecule has 35 heavy (non-hydrogen) atoms. The van der Waals surface area contributed by atoms with Crippen LogP contribution in [0.2, 0.25) is 5.02 Å². The Morgan fingerprint density at radius 2 is 1.83 bits per heavy atom. The molecule has 0 atom stereocenters. The Bertz CT molecular complexity index is 1430. The molecule has 0 unspecified atom stereocenters. The average Bonchev–Trinajstić information content (AvgIpc) is 2.84. The maximum atomic E-state index is 13.1. The minimum Gasteiger partial charge on any atom is -0.455 e. The summed E-state index contributed by atoms with van der Waals surface area (Å²) in [7, 11) is 1.74. The summed E-state index contributed by atoms with van der Waals surface area (Å²) in [6.45, 7) is 12.2. The van der Waals surface area contributed by atoms with Crippen molar-refractivity contribution in [2.75, 3.05) is 5.73 Å². The predicted molar refractivity (Wildman–Crippen MR) is 147 cm³/mol. The number of anilines is 1. The van der Waals surface area contributed by atoms with Gasteiger partial charge in [0, 0.05) is 40.3 Å². The average molecular weight is 492 g/mol. The molecule has 1 aromatic heterocycles. The number of aryl methyl sites for hydroxylation is 1. The summed E-state index contributed by atoms with van der Waals surface area (Å²) in [6, 6.07) is 12.4. The van der Waals surface area contributed by atoms with Crippen molar-refractivity contribution in [3.63, 3.8) is 0 Å². The molecule has 0 aliphatic heterocycles. The van der Waals surface area contributed by atoms with Crippen LogP contribution in [0.15, 0.2) is 47.4 Å². The van der Waals surface area contributed by atoms with Crippen LogP contribution in [0.3, 0.4) is 0 Å². The molecule has 2 N–H and O–H groups in total. The SMILES string of the molecule is CC.CC/C(C)=c1\c(-c2cc(N)ccc2Oc2ccc(Cl)cc2C#N)cn(C)c(=O)\c1=C\C(C)C. The second-order valence-electron chi connectivity index (χ2n) is 8.40. The van der Waals surface area contributed by atoms with Gasteiger partial charge in [0.05, 0.1) is 5.56 Å². The smallest absolute Gasteiger partial charge is 0.257 e. The summed E-state index contributed by atoms with van der Waals surface area (Å²) in [4.78, 5) is 13.1. The van der Waals surface area contributed by atoms with Crippen molar-refractivity contribution in [2.24, 2.45) is 13.0 Å². The standard InChI is InChI=1S/C27H28ClN3O2.C2H6/c1-6-17(4)26-22(11-16(2)3)27(32)31(5)15-23(26)21-13-20(30)8-10-25(21)33-24-9-7-19(28)12-18(24)14-29;1-2/h7-13,15-16H,6,30H2,1-5H3;1-2H3/b22-11+,26-17-;. The highest BCUT2D eigenvalue weighted by molar-refractivity contribution is 6.30. The Balaban J connectivity index is 0.00000210. The van der Waals surface area contributed by atoms with Crippen LogP contribution in [-0.4, -0.2) is 4.57 Å². The molecule has 0 spiro atoms. The van der Waals surface area contributed by atoms with Gasteiger partial charge in [0.15, 0.2) is 0 Å². The third-order valence-corrected chi connectivity index (χ3v) is 5.68. The zero-order chi connectivity index (χ0) is 26.3. The molecule has 3 rings (SSSR count). The number of aromatic nitrogens is 1. The summed E-state index contributed by atoms with van der Waals surface area (Å²) in [5.74, 6) is 1.12. The molecule has 0 saturated carbocycles. The van der Waals surface area contributed by atoms with Gasteiger partial charge in [-0.05, 0) is 60.9 Å². The van der Waals surface area contributed by atoms with Crippen molar-refractivity contribution in [2.45, 2.75) is 48.0 Å². The highest BCUT2D eigenvalue weighted by Crippen LogP contribution is 2.35. The minimum absolute atomic E-state index is 0.0499. The maximum Gasteiger partial charge on any atom is 0.257 e. The molecule has 3 aromatic rings. The van der Waals surface area contributed by atoms with E-state index in [0.29, 0.717) is 33.0 Å². The van der Waals surface area contributed by atoms with Crippen LogP contribution in [0.25, 0.3) is 22.8 Å². The number of rotatable bonds is 5. The lowest BCUT2D eigenvalue weighted by atomic mass is 9.97.